The molecule has 0 saturated heterocycles. The van der Waals surface area contributed by atoms with E-state index in [-0.39, 0.29) is 18.1 Å². The van der Waals surface area contributed by atoms with Crippen LogP contribution in [0.2, 0.25) is 0 Å². The molecule has 0 fully saturated rings. The maximum absolute atomic E-state index is 13.0. The highest BCUT2D eigenvalue weighted by Gasteiger charge is 2.11. The summed E-state index contributed by atoms with van der Waals surface area (Å²) in [4.78, 5) is 13.9. The number of halogens is 1. The van der Waals surface area contributed by atoms with Crippen LogP contribution >= 0.6 is 0 Å². The third kappa shape index (κ3) is 3.72. The van der Waals surface area contributed by atoms with Crippen LogP contribution in [-0.2, 0) is 13.6 Å². The Morgan fingerprint density at radius 3 is 2.89 bits per heavy atom. The van der Waals surface area contributed by atoms with Crippen LogP contribution in [0, 0.1) is 5.82 Å². The maximum Gasteiger partial charge on any atom is 0.176 e. The second-order valence-corrected chi connectivity index (χ2v) is 4.63. The van der Waals surface area contributed by atoms with Crippen molar-refractivity contribution in [3.8, 4) is 0 Å². The standard InChI is InChI=1S/C14H16FN3O/c1-17(8-11-7-16-18(2)9-11)10-14(19)12-4-3-5-13(15)6-12/h3-7,9H,8,10H2,1-2H3. The third-order valence-electron chi connectivity index (χ3n) is 2.77. The Bertz CT molecular complexity index is 580. The van der Waals surface area contributed by atoms with Gasteiger partial charge in [0.05, 0.1) is 12.7 Å². The average Bonchev–Trinajstić information content (AvgIpc) is 2.74. The normalized spacial score (nSPS) is 10.9. The zero-order valence-corrected chi connectivity index (χ0v) is 11.0. The number of ketones is 1. The predicted molar refractivity (Wildman–Crippen MR) is 70.3 cm³/mol. The van der Waals surface area contributed by atoms with Gasteiger partial charge in [0.1, 0.15) is 5.82 Å². The number of carbonyl (C=O) groups excluding carboxylic acids is 1. The van der Waals surface area contributed by atoms with Crippen molar-refractivity contribution in [3.05, 3.63) is 53.6 Å². The highest BCUT2D eigenvalue weighted by Crippen LogP contribution is 2.07. The van der Waals surface area contributed by atoms with E-state index in [4.69, 9.17) is 0 Å². The molecule has 0 N–H and O–H groups in total. The minimum absolute atomic E-state index is 0.0918. The van der Waals surface area contributed by atoms with Gasteiger partial charge in [0.2, 0.25) is 0 Å². The van der Waals surface area contributed by atoms with Crippen LogP contribution in [0.1, 0.15) is 15.9 Å². The number of hydrogen-bond acceptors (Lipinski definition) is 3. The second-order valence-electron chi connectivity index (χ2n) is 4.63. The van der Waals surface area contributed by atoms with E-state index in [0.29, 0.717) is 12.1 Å². The van der Waals surface area contributed by atoms with Crippen molar-refractivity contribution < 1.29 is 9.18 Å². The van der Waals surface area contributed by atoms with Crippen molar-refractivity contribution in [2.24, 2.45) is 7.05 Å². The summed E-state index contributed by atoms with van der Waals surface area (Å²) < 4.78 is 14.8. The number of rotatable bonds is 5. The Morgan fingerprint density at radius 2 is 2.26 bits per heavy atom. The average molecular weight is 261 g/mol. The van der Waals surface area contributed by atoms with Gasteiger partial charge in [-0.25, -0.2) is 4.39 Å². The van der Waals surface area contributed by atoms with E-state index in [2.05, 4.69) is 5.10 Å². The van der Waals surface area contributed by atoms with Crippen LogP contribution in [0.15, 0.2) is 36.7 Å². The number of benzene rings is 1. The highest BCUT2D eigenvalue weighted by molar-refractivity contribution is 5.97. The van der Waals surface area contributed by atoms with Gasteiger partial charge in [-0.1, -0.05) is 12.1 Å². The first-order chi connectivity index (χ1) is 9.04. The van der Waals surface area contributed by atoms with Gasteiger partial charge in [-0.05, 0) is 19.2 Å². The molecule has 1 aromatic carbocycles. The molecule has 1 heterocycles. The number of Topliss-reactive ketones (excluding diaryl/α,β-unsaturated/α-hetero) is 1. The summed E-state index contributed by atoms with van der Waals surface area (Å²) in [5.74, 6) is -0.480. The van der Waals surface area contributed by atoms with Gasteiger partial charge in [0.25, 0.3) is 0 Å². The second kappa shape index (κ2) is 5.75. The van der Waals surface area contributed by atoms with Crippen molar-refractivity contribution in [2.45, 2.75) is 6.54 Å². The molecule has 0 bridgehead atoms. The van der Waals surface area contributed by atoms with Crippen molar-refractivity contribution in [1.29, 1.82) is 0 Å². The predicted octanol–water partition coefficient (Wildman–Crippen LogP) is 1.87. The van der Waals surface area contributed by atoms with Gasteiger partial charge >= 0.3 is 0 Å². The van der Waals surface area contributed by atoms with Crippen molar-refractivity contribution in [1.82, 2.24) is 14.7 Å². The van der Waals surface area contributed by atoms with Gasteiger partial charge < -0.3 is 0 Å². The van der Waals surface area contributed by atoms with Gasteiger partial charge in [-0.2, -0.15) is 5.10 Å². The van der Waals surface area contributed by atoms with Crippen LogP contribution in [0.5, 0.6) is 0 Å². The van der Waals surface area contributed by atoms with Crippen LogP contribution < -0.4 is 0 Å². The van der Waals surface area contributed by atoms with Crippen molar-refractivity contribution in [3.63, 3.8) is 0 Å². The van der Waals surface area contributed by atoms with Crippen LogP contribution in [0.4, 0.5) is 4.39 Å². The van der Waals surface area contributed by atoms with E-state index >= 15 is 0 Å². The monoisotopic (exact) mass is 261 g/mol. The Labute approximate surface area is 111 Å². The summed E-state index contributed by atoms with van der Waals surface area (Å²) in [6.45, 7) is 0.882. The molecule has 0 aliphatic carbocycles. The summed E-state index contributed by atoms with van der Waals surface area (Å²) in [7, 11) is 3.70. The lowest BCUT2D eigenvalue weighted by Crippen LogP contribution is -2.25. The zero-order chi connectivity index (χ0) is 13.8. The van der Waals surface area contributed by atoms with Crippen molar-refractivity contribution >= 4 is 5.78 Å². The Balaban J connectivity index is 1.95. The molecule has 19 heavy (non-hydrogen) atoms. The molecule has 2 aromatic rings. The number of aryl methyl sites for hydroxylation is 1. The van der Waals surface area contributed by atoms with Gasteiger partial charge in [0.15, 0.2) is 5.78 Å². The first kappa shape index (κ1) is 13.4. The molecule has 0 spiro atoms. The lowest BCUT2D eigenvalue weighted by molar-refractivity contribution is 0.0942. The minimum atomic E-state index is -0.388. The quantitative estimate of drug-likeness (QED) is 0.771. The molecule has 0 aliphatic rings. The first-order valence-corrected chi connectivity index (χ1v) is 5.99. The summed E-state index contributed by atoms with van der Waals surface area (Å²) in [5.41, 5.74) is 1.44. The topological polar surface area (TPSA) is 38.1 Å². The fourth-order valence-electron chi connectivity index (χ4n) is 1.92. The first-order valence-electron chi connectivity index (χ1n) is 5.99. The maximum atomic E-state index is 13.0. The lowest BCUT2D eigenvalue weighted by atomic mass is 10.1. The molecule has 2 rings (SSSR count). The molecule has 0 radical (unpaired) electrons. The van der Waals surface area contributed by atoms with E-state index in [1.54, 1.807) is 23.0 Å². The molecule has 0 saturated carbocycles. The lowest BCUT2D eigenvalue weighted by Gasteiger charge is -2.14. The summed E-state index contributed by atoms with van der Waals surface area (Å²) in [5, 5.41) is 4.07. The molecule has 4 nitrogen and oxygen atoms in total. The molecule has 1 aromatic heterocycles. The summed E-state index contributed by atoms with van der Waals surface area (Å²) in [6, 6.07) is 5.77. The molecule has 5 heteroatoms. The molecule has 0 unspecified atom stereocenters. The largest absolute Gasteiger partial charge is 0.294 e. The Kier molecular flexibility index (Phi) is 4.06. The number of hydrogen-bond donors (Lipinski definition) is 0. The molecule has 100 valence electrons. The third-order valence-corrected chi connectivity index (χ3v) is 2.77. The molecule has 0 amide bonds. The number of aromatic nitrogens is 2. The fraction of sp³-hybridized carbons (Fsp3) is 0.286. The smallest absolute Gasteiger partial charge is 0.176 e. The highest BCUT2D eigenvalue weighted by atomic mass is 19.1. The molecular formula is C14H16FN3O. The zero-order valence-electron chi connectivity index (χ0n) is 11.0. The summed E-state index contributed by atoms with van der Waals surface area (Å²) >= 11 is 0. The van der Waals surface area contributed by atoms with Gasteiger partial charge in [-0.15, -0.1) is 0 Å². The van der Waals surface area contributed by atoms with E-state index in [0.717, 1.165) is 5.56 Å². The van der Waals surface area contributed by atoms with Gasteiger partial charge in [0, 0.05) is 30.9 Å². The molecule has 0 atom stereocenters. The van der Waals surface area contributed by atoms with Gasteiger partial charge in [-0.3, -0.25) is 14.4 Å². The van der Waals surface area contributed by atoms with E-state index in [1.807, 2.05) is 25.2 Å². The van der Waals surface area contributed by atoms with Crippen molar-refractivity contribution in [2.75, 3.05) is 13.6 Å². The number of likely N-dealkylation sites (N-methyl/N-ethyl adjacent to an activating group) is 1. The van der Waals surface area contributed by atoms with E-state index in [9.17, 15) is 9.18 Å². The summed E-state index contributed by atoms with van der Waals surface area (Å²) in [6.07, 6.45) is 3.67. The number of nitrogens with zero attached hydrogens (tertiary/aromatic N) is 3. The molecular weight excluding hydrogens is 245 g/mol. The molecule has 0 aliphatic heterocycles. The minimum Gasteiger partial charge on any atom is -0.294 e. The fourth-order valence-corrected chi connectivity index (χ4v) is 1.92. The SMILES string of the molecule is CN(CC(=O)c1cccc(F)c1)Cc1cnn(C)c1. The van der Waals surface area contributed by atoms with Crippen LogP contribution in [0.3, 0.4) is 0 Å². The van der Waals surface area contributed by atoms with E-state index < -0.39 is 0 Å². The van der Waals surface area contributed by atoms with Crippen LogP contribution in [-0.4, -0.2) is 34.1 Å². The number of carbonyl (C=O) groups is 1. The Hall–Kier alpha value is -2.01. The van der Waals surface area contributed by atoms with E-state index in [1.165, 1.54) is 12.1 Å². The van der Waals surface area contributed by atoms with Crippen LogP contribution in [0.25, 0.3) is 0 Å². The Morgan fingerprint density at radius 1 is 1.47 bits per heavy atom.